The number of oxazole rings is 2. The van der Waals surface area contributed by atoms with E-state index in [1.54, 1.807) is 38.5 Å². The van der Waals surface area contributed by atoms with E-state index in [9.17, 15) is 0 Å². The van der Waals surface area contributed by atoms with Gasteiger partial charge in [-0.2, -0.15) is 0 Å². The molecule has 2 aromatic carbocycles. The number of rotatable bonds is 2. The Kier molecular flexibility index (Phi) is 15.0. The quantitative estimate of drug-likeness (QED) is 0.132. The topological polar surface area (TPSA) is 70.5 Å². The Morgan fingerprint density at radius 1 is 0.769 bits per heavy atom. The molecule has 4 rings (SSSR count). The summed E-state index contributed by atoms with van der Waals surface area (Å²) in [7, 11) is 3.23. The minimum Gasteiger partial charge on any atom is -1.00 e. The largest absolute Gasteiger partial charge is 2.00 e. The first kappa shape index (κ1) is 28.0. The van der Waals surface area contributed by atoms with Crippen LogP contribution < -0.4 is 57.4 Å². The summed E-state index contributed by atoms with van der Waals surface area (Å²) in [4.78, 5) is 7.71. The Morgan fingerprint density at radius 3 is 1.50 bits per heavy atom. The van der Waals surface area contributed by atoms with Crippen LogP contribution in [-0.2, 0) is 19.5 Å². The fourth-order valence-corrected chi connectivity index (χ4v) is 1.84. The second-order valence-corrected chi connectivity index (χ2v) is 4.28. The number of fused-ring (bicyclic) bond motifs is 2. The van der Waals surface area contributed by atoms with Gasteiger partial charge in [0.15, 0.2) is 0 Å². The van der Waals surface area contributed by atoms with Gasteiger partial charge in [-0.05, 0) is 34.3 Å². The average molecular weight is 640 g/mol. The molecular formula is C16H12I2MgN2O4Zn. The Labute approximate surface area is 213 Å². The summed E-state index contributed by atoms with van der Waals surface area (Å²) in [5.41, 5.74) is 2.99. The Morgan fingerprint density at radius 2 is 1.15 bits per heavy atom. The van der Waals surface area contributed by atoms with Crippen molar-refractivity contribution in [2.45, 2.75) is 0 Å². The molecule has 4 aromatic rings. The van der Waals surface area contributed by atoms with Crippen molar-refractivity contribution in [2.75, 3.05) is 14.2 Å². The molecule has 26 heavy (non-hydrogen) atoms. The van der Waals surface area contributed by atoms with Crippen LogP contribution in [0.4, 0.5) is 0 Å². The molecule has 0 fully saturated rings. The van der Waals surface area contributed by atoms with Crippen LogP contribution in [0.1, 0.15) is 0 Å². The summed E-state index contributed by atoms with van der Waals surface area (Å²) in [5, 5.41) is 0. The molecule has 128 valence electrons. The maximum atomic E-state index is 5.00. The van der Waals surface area contributed by atoms with Crippen LogP contribution in [0, 0.1) is 12.8 Å². The van der Waals surface area contributed by atoms with E-state index in [1.807, 2.05) is 12.1 Å². The van der Waals surface area contributed by atoms with Gasteiger partial charge in [-0.1, -0.05) is 24.3 Å². The van der Waals surface area contributed by atoms with E-state index in [-0.39, 0.29) is 90.5 Å². The van der Waals surface area contributed by atoms with Crippen LogP contribution in [0.3, 0.4) is 0 Å². The predicted octanol–water partition coefficient (Wildman–Crippen LogP) is -3.10. The number of aromatic nitrogens is 2. The van der Waals surface area contributed by atoms with Crippen molar-refractivity contribution in [1.29, 1.82) is 0 Å². The van der Waals surface area contributed by atoms with E-state index in [2.05, 4.69) is 22.8 Å². The van der Waals surface area contributed by atoms with Crippen molar-refractivity contribution in [3.63, 3.8) is 0 Å². The third kappa shape index (κ3) is 7.10. The number of hydrogen-bond donors (Lipinski definition) is 0. The normalized spacial score (nSPS) is 8.69. The summed E-state index contributed by atoms with van der Waals surface area (Å²) < 4.78 is 19.8. The zero-order chi connectivity index (χ0) is 15.4. The number of nitrogens with zero attached hydrogens (tertiary/aromatic N) is 2. The van der Waals surface area contributed by atoms with Crippen LogP contribution in [0.15, 0.2) is 45.2 Å². The SMILES string of the molecule is COc1ccc2o[c-]nc2c1.COc1ccc2o[c-]nc2c1.[I-].[I-].[Mg+2].[Zn+2]. The van der Waals surface area contributed by atoms with E-state index in [0.29, 0.717) is 0 Å². The van der Waals surface area contributed by atoms with Crippen LogP contribution in [-0.4, -0.2) is 47.2 Å². The molecule has 10 heteroatoms. The van der Waals surface area contributed by atoms with Gasteiger partial charge in [0.25, 0.3) is 0 Å². The molecule has 0 atom stereocenters. The van der Waals surface area contributed by atoms with Gasteiger partial charge in [0.1, 0.15) is 24.3 Å². The first-order chi connectivity index (χ1) is 10.8. The third-order valence-electron chi connectivity index (χ3n) is 2.98. The van der Waals surface area contributed by atoms with Gasteiger partial charge in [-0.15, -0.1) is 0 Å². The molecule has 0 bridgehead atoms. The second kappa shape index (κ2) is 13.9. The Bertz CT molecular complexity index is 830. The number of halogens is 2. The molecule has 2 aromatic heterocycles. The summed E-state index contributed by atoms with van der Waals surface area (Å²) in [5.74, 6) is 1.56. The minimum absolute atomic E-state index is 0. The number of ether oxygens (including phenoxy) is 2. The van der Waals surface area contributed by atoms with Gasteiger partial charge in [0.05, 0.1) is 14.2 Å². The molecule has 0 aliphatic carbocycles. The average Bonchev–Trinajstić information content (AvgIpc) is 3.22. The number of benzene rings is 2. The van der Waals surface area contributed by atoms with E-state index >= 15 is 0 Å². The molecule has 0 spiro atoms. The van der Waals surface area contributed by atoms with Crippen LogP contribution >= 0.6 is 0 Å². The summed E-state index contributed by atoms with van der Waals surface area (Å²) in [6.45, 7) is 0. The third-order valence-corrected chi connectivity index (χ3v) is 2.98. The number of methoxy groups -OCH3 is 2. The molecule has 0 aliphatic heterocycles. The fraction of sp³-hybridized carbons (Fsp3) is 0.125. The van der Waals surface area contributed by atoms with Gasteiger partial charge in [0, 0.05) is 0 Å². The Balaban J connectivity index is 0. The predicted molar refractivity (Wildman–Crippen MR) is 84.5 cm³/mol. The zero-order valence-electron chi connectivity index (χ0n) is 14.2. The maximum absolute atomic E-state index is 5.00. The van der Waals surface area contributed by atoms with Gasteiger partial charge >= 0.3 is 42.5 Å². The molecule has 2 heterocycles. The monoisotopic (exact) mass is 638 g/mol. The molecule has 0 saturated carbocycles. The van der Waals surface area contributed by atoms with Crippen molar-refractivity contribution >= 4 is 45.3 Å². The fourth-order valence-electron chi connectivity index (χ4n) is 1.84. The van der Waals surface area contributed by atoms with Crippen molar-refractivity contribution in [1.82, 2.24) is 9.97 Å². The molecule has 0 saturated heterocycles. The van der Waals surface area contributed by atoms with E-state index < -0.39 is 0 Å². The molecule has 0 unspecified atom stereocenters. The van der Waals surface area contributed by atoms with Crippen molar-refractivity contribution < 1.29 is 85.7 Å². The molecule has 6 nitrogen and oxygen atoms in total. The molecule has 0 amide bonds. The van der Waals surface area contributed by atoms with E-state index in [4.69, 9.17) is 18.3 Å². The van der Waals surface area contributed by atoms with Crippen LogP contribution in [0.2, 0.25) is 0 Å². The van der Waals surface area contributed by atoms with Crippen molar-refractivity contribution in [3.8, 4) is 11.5 Å². The van der Waals surface area contributed by atoms with Crippen LogP contribution in [0.5, 0.6) is 11.5 Å². The molecular weight excluding hydrogens is 628 g/mol. The van der Waals surface area contributed by atoms with Crippen molar-refractivity contribution in [2.24, 2.45) is 0 Å². The van der Waals surface area contributed by atoms with Gasteiger partial charge in [-0.25, -0.2) is 0 Å². The standard InChI is InChI=1S/2C8H6NO2.2HI.Mg.Zn/c2*1-10-6-2-3-8-7(4-6)9-5-11-8;;;;/h2*2-4H,1H3;2*1H;;/q2*-1;;;2*+2/p-2. The number of hydrogen-bond acceptors (Lipinski definition) is 6. The minimum atomic E-state index is 0. The molecule has 0 radical (unpaired) electrons. The zero-order valence-corrected chi connectivity index (χ0v) is 22.9. The maximum Gasteiger partial charge on any atom is 2.00 e. The summed E-state index contributed by atoms with van der Waals surface area (Å²) in [6.07, 6.45) is 4.82. The van der Waals surface area contributed by atoms with Gasteiger partial charge < -0.3 is 76.2 Å². The molecule has 0 N–H and O–H groups in total. The smallest absolute Gasteiger partial charge is 1.00 e. The second-order valence-electron chi connectivity index (χ2n) is 4.28. The first-order valence-electron chi connectivity index (χ1n) is 6.41. The van der Waals surface area contributed by atoms with Gasteiger partial charge in [-0.3, -0.25) is 0 Å². The van der Waals surface area contributed by atoms with Crippen LogP contribution in [0.25, 0.3) is 22.2 Å². The van der Waals surface area contributed by atoms with Gasteiger partial charge in [0.2, 0.25) is 0 Å². The summed E-state index contributed by atoms with van der Waals surface area (Å²) >= 11 is 0. The Hall–Kier alpha value is -0.170. The summed E-state index contributed by atoms with van der Waals surface area (Å²) in [6, 6.07) is 10.8. The van der Waals surface area contributed by atoms with E-state index in [0.717, 1.165) is 33.7 Å². The first-order valence-corrected chi connectivity index (χ1v) is 6.41. The van der Waals surface area contributed by atoms with Crippen molar-refractivity contribution in [3.05, 3.63) is 49.2 Å². The van der Waals surface area contributed by atoms with E-state index in [1.165, 1.54) is 0 Å². The molecule has 0 aliphatic rings.